The predicted molar refractivity (Wildman–Crippen MR) is 107 cm³/mol. The van der Waals surface area contributed by atoms with Crippen molar-refractivity contribution in [3.05, 3.63) is 87.1 Å². The Morgan fingerprint density at radius 1 is 1.15 bits per heavy atom. The molecule has 0 fully saturated rings. The Kier molecular flexibility index (Phi) is 6.31. The van der Waals surface area contributed by atoms with Crippen molar-refractivity contribution >= 4 is 28.8 Å². The van der Waals surface area contributed by atoms with Gasteiger partial charge in [0.25, 0.3) is 5.91 Å². The van der Waals surface area contributed by atoms with Gasteiger partial charge in [-0.05, 0) is 41.6 Å². The highest BCUT2D eigenvalue weighted by Crippen LogP contribution is 2.22. The molecule has 1 N–H and O–H groups in total. The minimum Gasteiger partial charge on any atom is -0.489 e. The molecule has 0 spiro atoms. The summed E-state index contributed by atoms with van der Waals surface area (Å²) in [5.41, 5.74) is 2.08. The van der Waals surface area contributed by atoms with E-state index < -0.39 is 0 Å². The van der Waals surface area contributed by atoms with Crippen LogP contribution >= 0.6 is 22.9 Å². The molecule has 0 aliphatic carbocycles. The van der Waals surface area contributed by atoms with Gasteiger partial charge in [0.1, 0.15) is 12.4 Å². The molecule has 0 saturated heterocycles. The average Bonchev–Trinajstić information content (AvgIpc) is 3.14. The molecule has 0 aliphatic rings. The van der Waals surface area contributed by atoms with Crippen LogP contribution in [-0.4, -0.2) is 5.91 Å². The summed E-state index contributed by atoms with van der Waals surface area (Å²) >= 11 is 7.38. The molecule has 2 aromatic carbocycles. The monoisotopic (exact) mass is 385 g/mol. The predicted octanol–water partition coefficient (Wildman–Crippen LogP) is 5.86. The number of thiophene rings is 1. The van der Waals surface area contributed by atoms with Crippen molar-refractivity contribution in [3.63, 3.8) is 0 Å². The summed E-state index contributed by atoms with van der Waals surface area (Å²) in [6.07, 6.45) is 0.839. The average molecular weight is 386 g/mol. The largest absolute Gasteiger partial charge is 0.489 e. The zero-order chi connectivity index (χ0) is 18.4. The summed E-state index contributed by atoms with van der Waals surface area (Å²) in [6, 6.07) is 19.2. The molecule has 26 heavy (non-hydrogen) atoms. The lowest BCUT2D eigenvalue weighted by atomic mass is 10.0. The van der Waals surface area contributed by atoms with Crippen LogP contribution in [0, 0.1) is 0 Å². The van der Waals surface area contributed by atoms with Crippen molar-refractivity contribution < 1.29 is 9.53 Å². The van der Waals surface area contributed by atoms with Gasteiger partial charge in [0, 0.05) is 10.6 Å². The molecule has 3 nitrogen and oxygen atoms in total. The molecule has 1 amide bonds. The van der Waals surface area contributed by atoms with E-state index in [-0.39, 0.29) is 11.9 Å². The molecule has 0 bridgehead atoms. The third kappa shape index (κ3) is 4.87. The highest BCUT2D eigenvalue weighted by molar-refractivity contribution is 7.12. The van der Waals surface area contributed by atoms with E-state index in [1.165, 1.54) is 11.3 Å². The minimum absolute atomic E-state index is 0.0111. The van der Waals surface area contributed by atoms with Crippen molar-refractivity contribution in [3.8, 4) is 5.75 Å². The van der Waals surface area contributed by atoms with E-state index in [2.05, 4.69) is 12.2 Å². The molecule has 134 valence electrons. The third-order valence-corrected chi connectivity index (χ3v) is 5.21. The number of ether oxygens (including phenoxy) is 1. The van der Waals surface area contributed by atoms with Crippen LogP contribution < -0.4 is 10.1 Å². The maximum absolute atomic E-state index is 12.6. The fourth-order valence-electron chi connectivity index (χ4n) is 2.63. The van der Waals surface area contributed by atoms with E-state index >= 15 is 0 Å². The van der Waals surface area contributed by atoms with Crippen LogP contribution in [0.3, 0.4) is 0 Å². The van der Waals surface area contributed by atoms with Crippen molar-refractivity contribution in [1.29, 1.82) is 0 Å². The molecule has 3 rings (SSSR count). The number of nitrogens with one attached hydrogen (secondary N) is 1. The number of benzene rings is 2. The number of amides is 1. The molecule has 0 saturated carbocycles. The van der Waals surface area contributed by atoms with Crippen LogP contribution in [0.15, 0.2) is 66.0 Å². The van der Waals surface area contributed by atoms with Gasteiger partial charge >= 0.3 is 0 Å². The fourth-order valence-corrected chi connectivity index (χ4v) is 3.61. The molecule has 0 radical (unpaired) electrons. The maximum atomic E-state index is 12.6. The molecule has 3 aromatic rings. The van der Waals surface area contributed by atoms with Crippen LogP contribution in [0.1, 0.15) is 40.2 Å². The van der Waals surface area contributed by atoms with Gasteiger partial charge in [-0.15, -0.1) is 11.3 Å². The quantitative estimate of drug-likeness (QED) is 0.553. The van der Waals surface area contributed by atoms with E-state index in [0.29, 0.717) is 22.3 Å². The zero-order valence-corrected chi connectivity index (χ0v) is 16.0. The SMILES string of the molecule is CCC(NC(=O)c1cc(COc2cccc(Cl)c2)cs1)c1ccccc1. The summed E-state index contributed by atoms with van der Waals surface area (Å²) in [5, 5.41) is 5.69. The summed E-state index contributed by atoms with van der Waals surface area (Å²) in [4.78, 5) is 13.2. The zero-order valence-electron chi connectivity index (χ0n) is 14.4. The number of hydrogen-bond acceptors (Lipinski definition) is 3. The minimum atomic E-state index is -0.0558. The number of carbonyl (C=O) groups is 1. The van der Waals surface area contributed by atoms with Gasteiger partial charge in [-0.1, -0.05) is 54.9 Å². The van der Waals surface area contributed by atoms with Crippen molar-refractivity contribution in [2.75, 3.05) is 0 Å². The summed E-state index contributed by atoms with van der Waals surface area (Å²) in [5.74, 6) is 0.657. The molecular formula is C21H20ClNO2S. The highest BCUT2D eigenvalue weighted by atomic mass is 35.5. The second kappa shape index (κ2) is 8.88. The molecule has 1 unspecified atom stereocenters. The van der Waals surface area contributed by atoms with Gasteiger partial charge in [0.2, 0.25) is 0 Å². The van der Waals surface area contributed by atoms with E-state index in [9.17, 15) is 4.79 Å². The number of hydrogen-bond donors (Lipinski definition) is 1. The standard InChI is InChI=1S/C21H20ClNO2S/c1-2-19(16-7-4-3-5-8-16)23-21(24)20-11-15(14-26-20)13-25-18-10-6-9-17(22)12-18/h3-12,14,19H,2,13H2,1H3,(H,23,24). The van der Waals surface area contributed by atoms with Crippen molar-refractivity contribution in [2.45, 2.75) is 26.0 Å². The van der Waals surface area contributed by atoms with E-state index in [4.69, 9.17) is 16.3 Å². The van der Waals surface area contributed by atoms with Gasteiger partial charge in [-0.25, -0.2) is 0 Å². The van der Waals surface area contributed by atoms with E-state index in [1.54, 1.807) is 12.1 Å². The van der Waals surface area contributed by atoms with Gasteiger partial charge in [0.15, 0.2) is 0 Å². The normalized spacial score (nSPS) is 11.8. The van der Waals surface area contributed by atoms with Gasteiger partial charge in [0.05, 0.1) is 10.9 Å². The number of carbonyl (C=O) groups excluding carboxylic acids is 1. The van der Waals surface area contributed by atoms with Crippen LogP contribution in [0.2, 0.25) is 5.02 Å². The van der Waals surface area contributed by atoms with Gasteiger partial charge in [-0.2, -0.15) is 0 Å². The molecule has 1 aromatic heterocycles. The first-order chi connectivity index (χ1) is 12.7. The number of rotatable bonds is 7. The Hall–Kier alpha value is -2.30. The van der Waals surface area contributed by atoms with E-state index in [1.807, 2.05) is 53.9 Å². The third-order valence-electron chi connectivity index (χ3n) is 3.99. The lowest BCUT2D eigenvalue weighted by Crippen LogP contribution is -2.27. The second-order valence-electron chi connectivity index (χ2n) is 5.91. The maximum Gasteiger partial charge on any atom is 0.261 e. The highest BCUT2D eigenvalue weighted by Gasteiger charge is 2.15. The first-order valence-electron chi connectivity index (χ1n) is 8.47. The molecule has 1 heterocycles. The second-order valence-corrected chi connectivity index (χ2v) is 7.26. The van der Waals surface area contributed by atoms with Gasteiger partial charge < -0.3 is 10.1 Å². The van der Waals surface area contributed by atoms with Crippen LogP contribution in [-0.2, 0) is 6.61 Å². The molecule has 1 atom stereocenters. The topological polar surface area (TPSA) is 38.3 Å². The Bertz CT molecular complexity index is 863. The lowest BCUT2D eigenvalue weighted by molar-refractivity contribution is 0.0939. The smallest absolute Gasteiger partial charge is 0.261 e. The van der Waals surface area contributed by atoms with Crippen molar-refractivity contribution in [2.24, 2.45) is 0 Å². The summed E-state index contributed by atoms with van der Waals surface area (Å²) in [7, 11) is 0. The van der Waals surface area contributed by atoms with Gasteiger partial charge in [-0.3, -0.25) is 4.79 Å². The summed E-state index contributed by atoms with van der Waals surface area (Å²) < 4.78 is 5.73. The fraction of sp³-hybridized carbons (Fsp3) is 0.190. The molecule has 0 aliphatic heterocycles. The Labute approximate surface area is 162 Å². The van der Waals surface area contributed by atoms with E-state index in [0.717, 1.165) is 17.5 Å². The van der Waals surface area contributed by atoms with Crippen molar-refractivity contribution in [1.82, 2.24) is 5.32 Å². The Morgan fingerprint density at radius 2 is 1.96 bits per heavy atom. The molecular weight excluding hydrogens is 366 g/mol. The Morgan fingerprint density at radius 3 is 2.69 bits per heavy atom. The van der Waals surface area contributed by atoms with Crippen LogP contribution in [0.5, 0.6) is 5.75 Å². The number of halogens is 1. The summed E-state index contributed by atoms with van der Waals surface area (Å²) in [6.45, 7) is 2.47. The van der Waals surface area contributed by atoms with Crippen LogP contribution in [0.25, 0.3) is 0 Å². The Balaban J connectivity index is 1.60. The first kappa shape index (κ1) is 18.5. The van der Waals surface area contributed by atoms with Crippen LogP contribution in [0.4, 0.5) is 0 Å². The first-order valence-corrected chi connectivity index (χ1v) is 9.73. The lowest BCUT2D eigenvalue weighted by Gasteiger charge is -2.16. The molecule has 5 heteroatoms.